The second kappa shape index (κ2) is 5.75. The molecule has 0 nitrogen and oxygen atoms in total. The molecule has 0 unspecified atom stereocenters. The van der Waals surface area contributed by atoms with Crippen molar-refractivity contribution in [3.8, 4) is 0 Å². The number of rotatable bonds is 0. The molecule has 1 aliphatic carbocycles. The molecule has 5 aromatic rings. The van der Waals surface area contributed by atoms with Gasteiger partial charge < -0.3 is 0 Å². The van der Waals surface area contributed by atoms with Crippen molar-refractivity contribution in [2.75, 3.05) is 0 Å². The van der Waals surface area contributed by atoms with Crippen molar-refractivity contribution in [1.29, 1.82) is 0 Å². The van der Waals surface area contributed by atoms with Crippen molar-refractivity contribution in [2.24, 2.45) is 0 Å². The molecule has 6 rings (SSSR count). The Balaban J connectivity index is 0.000000132. The minimum Gasteiger partial charge on any atom is -0.0795 e. The highest BCUT2D eigenvalue weighted by atomic mass is 14.1. The van der Waals surface area contributed by atoms with Crippen LogP contribution >= 0.6 is 0 Å². The Morgan fingerprint density at radius 2 is 1.00 bits per heavy atom. The summed E-state index contributed by atoms with van der Waals surface area (Å²) >= 11 is 0. The van der Waals surface area contributed by atoms with Crippen molar-refractivity contribution in [1.82, 2.24) is 0 Å². The van der Waals surface area contributed by atoms with Crippen molar-refractivity contribution in [2.45, 2.75) is 6.42 Å². The molecule has 0 heteroatoms. The zero-order valence-electron chi connectivity index (χ0n) is 13.9. The van der Waals surface area contributed by atoms with Gasteiger partial charge in [0.1, 0.15) is 0 Å². The molecule has 0 heterocycles. The number of hydrogen-bond donors (Lipinski definition) is 0. The largest absolute Gasteiger partial charge is 0.0795 e. The highest BCUT2D eigenvalue weighted by Crippen LogP contribution is 2.33. The molecule has 0 saturated heterocycles. The Hall–Kier alpha value is -3.12. The van der Waals surface area contributed by atoms with E-state index in [9.17, 15) is 0 Å². The van der Waals surface area contributed by atoms with E-state index >= 15 is 0 Å². The van der Waals surface area contributed by atoms with E-state index in [4.69, 9.17) is 0 Å². The Bertz CT molecular complexity index is 1080. The average molecular weight is 318 g/mol. The van der Waals surface area contributed by atoms with Gasteiger partial charge in [-0.1, -0.05) is 97.1 Å². The molecule has 0 radical (unpaired) electrons. The van der Waals surface area contributed by atoms with Crippen LogP contribution in [0.3, 0.4) is 0 Å². The maximum absolute atomic E-state index is 2.21. The smallest absolute Gasteiger partial charge is 0.00268 e. The summed E-state index contributed by atoms with van der Waals surface area (Å²) in [4.78, 5) is 0. The molecule has 0 bridgehead atoms. The predicted octanol–water partition coefficient (Wildman–Crippen LogP) is 6.84. The lowest BCUT2D eigenvalue weighted by atomic mass is 9.95. The number of hydrogen-bond acceptors (Lipinski definition) is 0. The molecular weight excluding hydrogens is 300 g/mol. The van der Waals surface area contributed by atoms with Gasteiger partial charge in [-0.05, 0) is 49.9 Å². The van der Waals surface area contributed by atoms with Crippen LogP contribution in [-0.2, 0) is 6.42 Å². The van der Waals surface area contributed by atoms with Crippen LogP contribution in [-0.4, -0.2) is 0 Å². The summed E-state index contributed by atoms with van der Waals surface area (Å²) < 4.78 is 0. The van der Waals surface area contributed by atoms with Crippen molar-refractivity contribution in [3.05, 3.63) is 102 Å². The third kappa shape index (κ3) is 2.38. The fourth-order valence-corrected chi connectivity index (χ4v) is 3.87. The molecule has 5 aromatic carbocycles. The summed E-state index contributed by atoms with van der Waals surface area (Å²) in [5, 5.41) is 8.14. The third-order valence-electron chi connectivity index (χ3n) is 5.08. The third-order valence-corrected chi connectivity index (χ3v) is 5.08. The van der Waals surface area contributed by atoms with E-state index in [1.165, 1.54) is 43.4 Å². The van der Waals surface area contributed by atoms with E-state index in [2.05, 4.69) is 97.1 Å². The van der Waals surface area contributed by atoms with Gasteiger partial charge in [0.25, 0.3) is 0 Å². The van der Waals surface area contributed by atoms with E-state index in [0.29, 0.717) is 0 Å². The average Bonchev–Trinajstić information content (AvgIpc) is 3.16. The Kier molecular flexibility index (Phi) is 3.28. The first-order chi connectivity index (χ1) is 12.4. The van der Waals surface area contributed by atoms with Crippen LogP contribution in [0.1, 0.15) is 11.1 Å². The van der Waals surface area contributed by atoms with E-state index in [1.807, 2.05) is 0 Å². The topological polar surface area (TPSA) is 0 Å². The molecule has 1 aliphatic rings. The first kappa shape index (κ1) is 14.2. The molecule has 0 spiro atoms. The first-order valence-corrected chi connectivity index (χ1v) is 8.77. The fraction of sp³-hybridized carbons (Fsp3) is 0.0400. The van der Waals surface area contributed by atoms with Crippen LogP contribution < -0.4 is 0 Å². The number of fused-ring (bicyclic) bond motifs is 1. The summed E-state index contributed by atoms with van der Waals surface area (Å²) in [6.07, 6.45) is 5.50. The molecule has 0 atom stereocenters. The van der Waals surface area contributed by atoms with Gasteiger partial charge >= 0.3 is 0 Å². The molecule has 0 amide bonds. The van der Waals surface area contributed by atoms with Crippen LogP contribution in [0, 0.1) is 0 Å². The van der Waals surface area contributed by atoms with Gasteiger partial charge in [0.15, 0.2) is 0 Å². The summed E-state index contributed by atoms with van der Waals surface area (Å²) in [6, 6.07) is 30.4. The lowest BCUT2D eigenvalue weighted by Gasteiger charge is -2.09. The molecule has 0 aliphatic heterocycles. The molecular formula is C25H18. The van der Waals surface area contributed by atoms with Crippen LogP contribution in [0.5, 0.6) is 0 Å². The summed E-state index contributed by atoms with van der Waals surface area (Å²) in [7, 11) is 0. The fourth-order valence-electron chi connectivity index (χ4n) is 3.87. The summed E-state index contributed by atoms with van der Waals surface area (Å²) in [6.45, 7) is 0. The summed E-state index contributed by atoms with van der Waals surface area (Å²) in [5.41, 5.74) is 2.84. The van der Waals surface area contributed by atoms with Crippen LogP contribution in [0.25, 0.3) is 38.4 Å². The van der Waals surface area contributed by atoms with Crippen molar-refractivity contribution >= 4 is 38.4 Å². The minimum atomic E-state index is 1.12. The number of allylic oxidation sites excluding steroid dienone is 1. The zero-order valence-corrected chi connectivity index (χ0v) is 13.9. The monoisotopic (exact) mass is 318 g/mol. The van der Waals surface area contributed by atoms with Gasteiger partial charge in [-0.25, -0.2) is 0 Å². The second-order valence-corrected chi connectivity index (χ2v) is 6.59. The van der Waals surface area contributed by atoms with E-state index < -0.39 is 0 Å². The van der Waals surface area contributed by atoms with Gasteiger partial charge in [-0.15, -0.1) is 0 Å². The zero-order chi connectivity index (χ0) is 16.6. The summed E-state index contributed by atoms with van der Waals surface area (Å²) in [5.74, 6) is 0. The highest BCUT2D eigenvalue weighted by Gasteiger charge is 2.06. The molecule has 118 valence electrons. The first-order valence-electron chi connectivity index (χ1n) is 8.77. The van der Waals surface area contributed by atoms with Crippen LogP contribution in [0.15, 0.2) is 91.0 Å². The van der Waals surface area contributed by atoms with Gasteiger partial charge in [-0.2, -0.15) is 0 Å². The predicted molar refractivity (Wildman–Crippen MR) is 109 cm³/mol. The Morgan fingerprint density at radius 3 is 1.52 bits per heavy atom. The highest BCUT2D eigenvalue weighted by molar-refractivity contribution is 6.22. The van der Waals surface area contributed by atoms with Crippen molar-refractivity contribution in [3.63, 3.8) is 0 Å². The Morgan fingerprint density at radius 1 is 0.480 bits per heavy atom. The quantitative estimate of drug-likeness (QED) is 0.274. The van der Waals surface area contributed by atoms with E-state index in [-0.39, 0.29) is 0 Å². The molecule has 0 saturated carbocycles. The van der Waals surface area contributed by atoms with Crippen molar-refractivity contribution < 1.29 is 0 Å². The minimum absolute atomic E-state index is 1.12. The maximum Gasteiger partial charge on any atom is -0.00268 e. The number of benzene rings is 5. The van der Waals surface area contributed by atoms with Crippen LogP contribution in [0.2, 0.25) is 0 Å². The lowest BCUT2D eigenvalue weighted by Crippen LogP contribution is -1.82. The maximum atomic E-state index is 2.21. The molecule has 0 N–H and O–H groups in total. The van der Waals surface area contributed by atoms with Gasteiger partial charge in [0.2, 0.25) is 0 Å². The van der Waals surface area contributed by atoms with Gasteiger partial charge in [0, 0.05) is 0 Å². The standard InChI is InChI=1S/C16H10.C9H8/c1-3-11-7-9-13-5-2-6-14-10-8-12(4-1)15(11)16(13)14;1-2-5-9-7-3-6-8(9)4-1/h1-10H;1-6H,7H2. The van der Waals surface area contributed by atoms with Crippen LogP contribution in [0.4, 0.5) is 0 Å². The molecule has 0 aromatic heterocycles. The SMILES string of the molecule is C1=Cc2ccccc2C1.c1cc2ccc3cccc4ccc(c1)c2c34. The van der Waals surface area contributed by atoms with E-state index in [1.54, 1.807) is 0 Å². The lowest BCUT2D eigenvalue weighted by molar-refractivity contribution is 1.31. The second-order valence-electron chi connectivity index (χ2n) is 6.59. The molecule has 25 heavy (non-hydrogen) atoms. The van der Waals surface area contributed by atoms with Gasteiger partial charge in [-0.3, -0.25) is 0 Å². The van der Waals surface area contributed by atoms with E-state index in [0.717, 1.165) is 6.42 Å². The van der Waals surface area contributed by atoms with Gasteiger partial charge in [0.05, 0.1) is 0 Å². The normalized spacial score (nSPS) is 12.5. The molecule has 0 fully saturated rings. The Labute approximate surface area is 147 Å².